The number of aromatic hydroxyl groups is 1. The number of hydrogen-bond donors (Lipinski definition) is 1. The van der Waals surface area contributed by atoms with Gasteiger partial charge in [0, 0.05) is 17.4 Å². The van der Waals surface area contributed by atoms with Gasteiger partial charge in [-0.15, -0.1) is 0 Å². The van der Waals surface area contributed by atoms with E-state index >= 15 is 0 Å². The van der Waals surface area contributed by atoms with Crippen LogP contribution in [0, 0.1) is 5.92 Å². The highest BCUT2D eigenvalue weighted by atomic mass is 16.5. The predicted octanol–water partition coefficient (Wildman–Crippen LogP) is 7.25. The lowest BCUT2D eigenvalue weighted by Gasteiger charge is -2.45. The van der Waals surface area contributed by atoms with Crippen molar-refractivity contribution in [1.82, 2.24) is 0 Å². The lowest BCUT2D eigenvalue weighted by atomic mass is 9.70. The molecule has 2 aliphatic rings. The van der Waals surface area contributed by atoms with Crippen LogP contribution in [0.3, 0.4) is 0 Å². The predicted molar refractivity (Wildman–Crippen MR) is 114 cm³/mol. The lowest BCUT2D eigenvalue weighted by Crippen LogP contribution is -2.44. The van der Waals surface area contributed by atoms with Crippen LogP contribution in [0.2, 0.25) is 0 Å². The van der Waals surface area contributed by atoms with E-state index in [1.54, 1.807) is 0 Å². The standard InChI is InChI=1S/C25H38O2/c1-6-7-8-12-15-24(2,3)18-16-21(26)23-19-13-10-9-11-14-20(19)25(4,5)27-22(23)17-18/h9-10,16-17,19-20,26H,6-8,11-15H2,1-5H3/t19-,20-/m1/s1. The number of hydrogen-bond acceptors (Lipinski definition) is 2. The Morgan fingerprint density at radius 3 is 2.67 bits per heavy atom. The Morgan fingerprint density at radius 2 is 1.93 bits per heavy atom. The zero-order valence-corrected chi connectivity index (χ0v) is 18.0. The summed E-state index contributed by atoms with van der Waals surface area (Å²) in [6.07, 6.45) is 14.0. The molecule has 0 fully saturated rings. The van der Waals surface area contributed by atoms with Crippen molar-refractivity contribution in [2.24, 2.45) is 5.92 Å². The Morgan fingerprint density at radius 1 is 1.15 bits per heavy atom. The van der Waals surface area contributed by atoms with Crippen LogP contribution in [0.25, 0.3) is 0 Å². The molecule has 1 aromatic rings. The molecule has 2 heteroatoms. The second kappa shape index (κ2) is 7.89. The van der Waals surface area contributed by atoms with Crippen LogP contribution in [0.4, 0.5) is 0 Å². The normalized spacial score (nSPS) is 23.9. The van der Waals surface area contributed by atoms with Crippen molar-refractivity contribution < 1.29 is 9.84 Å². The van der Waals surface area contributed by atoms with Gasteiger partial charge in [0.2, 0.25) is 0 Å². The summed E-state index contributed by atoms with van der Waals surface area (Å²) in [6, 6.07) is 4.24. The number of phenolic OH excluding ortho intramolecular Hbond substituents is 1. The lowest BCUT2D eigenvalue weighted by molar-refractivity contribution is 0.00661. The van der Waals surface area contributed by atoms with Gasteiger partial charge in [0.15, 0.2) is 0 Å². The number of unbranched alkanes of at least 4 members (excludes halogenated alkanes) is 3. The first-order valence-corrected chi connectivity index (χ1v) is 11.0. The summed E-state index contributed by atoms with van der Waals surface area (Å²) >= 11 is 0. The third kappa shape index (κ3) is 4.20. The fourth-order valence-electron chi connectivity index (χ4n) is 5.11. The Kier molecular flexibility index (Phi) is 5.93. The van der Waals surface area contributed by atoms with Crippen LogP contribution in [-0.2, 0) is 5.41 Å². The molecule has 3 rings (SSSR count). The van der Waals surface area contributed by atoms with Crippen molar-refractivity contribution in [1.29, 1.82) is 0 Å². The minimum atomic E-state index is -0.194. The van der Waals surface area contributed by atoms with E-state index in [0.29, 0.717) is 17.6 Å². The van der Waals surface area contributed by atoms with Gasteiger partial charge in [-0.3, -0.25) is 0 Å². The maximum atomic E-state index is 11.0. The summed E-state index contributed by atoms with van der Waals surface area (Å²) in [4.78, 5) is 0. The SMILES string of the molecule is CCCCCCC(C)(C)c1cc(O)c2c(c1)OC(C)(C)[C@@H]1CCC=CC[C@@H]21. The molecule has 0 unspecified atom stereocenters. The van der Waals surface area contributed by atoms with Crippen molar-refractivity contribution >= 4 is 0 Å². The monoisotopic (exact) mass is 370 g/mol. The fraction of sp³-hybridized carbons (Fsp3) is 0.680. The number of ether oxygens (including phenoxy) is 1. The molecule has 0 amide bonds. The zero-order valence-electron chi connectivity index (χ0n) is 18.0. The molecule has 0 radical (unpaired) electrons. The van der Waals surface area contributed by atoms with Crippen molar-refractivity contribution in [3.05, 3.63) is 35.4 Å². The number of allylic oxidation sites excluding steroid dienone is 2. The minimum Gasteiger partial charge on any atom is -0.508 e. The quantitative estimate of drug-likeness (QED) is 0.422. The molecular weight excluding hydrogens is 332 g/mol. The fourth-order valence-corrected chi connectivity index (χ4v) is 5.11. The zero-order chi connectivity index (χ0) is 19.7. The molecule has 2 atom stereocenters. The largest absolute Gasteiger partial charge is 0.508 e. The number of benzene rings is 1. The number of fused-ring (bicyclic) bond motifs is 3. The summed E-state index contributed by atoms with van der Waals surface area (Å²) in [6.45, 7) is 11.3. The van der Waals surface area contributed by atoms with Crippen LogP contribution < -0.4 is 4.74 Å². The molecule has 1 aliphatic carbocycles. The van der Waals surface area contributed by atoms with Gasteiger partial charge in [0.25, 0.3) is 0 Å². The van der Waals surface area contributed by atoms with E-state index < -0.39 is 0 Å². The molecule has 0 aromatic heterocycles. The maximum Gasteiger partial charge on any atom is 0.127 e. The maximum absolute atomic E-state index is 11.0. The smallest absolute Gasteiger partial charge is 0.127 e. The van der Waals surface area contributed by atoms with Crippen LogP contribution in [-0.4, -0.2) is 10.7 Å². The van der Waals surface area contributed by atoms with Crippen molar-refractivity contribution in [2.75, 3.05) is 0 Å². The van der Waals surface area contributed by atoms with Gasteiger partial charge in [-0.1, -0.05) is 58.6 Å². The second-order valence-corrected chi connectivity index (χ2v) is 9.80. The van der Waals surface area contributed by atoms with E-state index in [2.05, 4.69) is 52.8 Å². The van der Waals surface area contributed by atoms with Crippen molar-refractivity contribution in [2.45, 2.75) is 103 Å². The van der Waals surface area contributed by atoms with E-state index in [4.69, 9.17) is 4.74 Å². The molecule has 0 spiro atoms. The minimum absolute atomic E-state index is 0.0496. The summed E-state index contributed by atoms with van der Waals surface area (Å²) in [5.41, 5.74) is 2.10. The molecule has 0 saturated heterocycles. The third-order valence-corrected chi connectivity index (χ3v) is 6.88. The van der Waals surface area contributed by atoms with Gasteiger partial charge >= 0.3 is 0 Å². The van der Waals surface area contributed by atoms with E-state index in [-0.39, 0.29) is 11.0 Å². The summed E-state index contributed by atoms with van der Waals surface area (Å²) < 4.78 is 6.52. The molecule has 1 N–H and O–H groups in total. The second-order valence-electron chi connectivity index (χ2n) is 9.80. The van der Waals surface area contributed by atoms with Crippen molar-refractivity contribution in [3.8, 4) is 11.5 Å². The van der Waals surface area contributed by atoms with Gasteiger partial charge < -0.3 is 9.84 Å². The Hall–Kier alpha value is -1.44. The highest BCUT2D eigenvalue weighted by molar-refractivity contribution is 5.53. The molecule has 150 valence electrons. The molecule has 0 saturated carbocycles. The average molecular weight is 371 g/mol. The molecule has 27 heavy (non-hydrogen) atoms. The molecule has 0 bridgehead atoms. The number of phenols is 1. The van der Waals surface area contributed by atoms with E-state index in [1.807, 2.05) is 6.07 Å². The molecule has 2 nitrogen and oxygen atoms in total. The molecule has 1 aliphatic heterocycles. The van der Waals surface area contributed by atoms with Crippen LogP contribution >= 0.6 is 0 Å². The van der Waals surface area contributed by atoms with E-state index in [9.17, 15) is 5.11 Å². The van der Waals surface area contributed by atoms with Gasteiger partial charge in [-0.25, -0.2) is 0 Å². The Bertz CT molecular complexity index is 684. The Labute approximate surface area is 166 Å². The van der Waals surface area contributed by atoms with Gasteiger partial charge in [-0.05, 0) is 62.6 Å². The topological polar surface area (TPSA) is 29.5 Å². The first-order chi connectivity index (χ1) is 12.8. The Balaban J connectivity index is 1.92. The molecule has 1 aromatic carbocycles. The van der Waals surface area contributed by atoms with Crippen LogP contribution in [0.1, 0.15) is 103 Å². The molecule has 1 heterocycles. The van der Waals surface area contributed by atoms with Crippen LogP contribution in [0.15, 0.2) is 24.3 Å². The van der Waals surface area contributed by atoms with Crippen molar-refractivity contribution in [3.63, 3.8) is 0 Å². The first-order valence-electron chi connectivity index (χ1n) is 11.0. The highest BCUT2D eigenvalue weighted by Gasteiger charge is 2.45. The third-order valence-electron chi connectivity index (χ3n) is 6.88. The summed E-state index contributed by atoms with van der Waals surface area (Å²) in [5, 5.41) is 11.0. The summed E-state index contributed by atoms with van der Waals surface area (Å²) in [5.74, 6) is 2.14. The summed E-state index contributed by atoms with van der Waals surface area (Å²) in [7, 11) is 0. The first kappa shape index (κ1) is 20.3. The van der Waals surface area contributed by atoms with Crippen LogP contribution in [0.5, 0.6) is 11.5 Å². The molecular formula is C25H38O2. The van der Waals surface area contributed by atoms with Gasteiger partial charge in [0.05, 0.1) is 0 Å². The van der Waals surface area contributed by atoms with E-state index in [1.165, 1.54) is 31.2 Å². The highest BCUT2D eigenvalue weighted by Crippen LogP contribution is 2.53. The number of rotatable bonds is 6. The van der Waals surface area contributed by atoms with Gasteiger partial charge in [-0.2, -0.15) is 0 Å². The van der Waals surface area contributed by atoms with E-state index in [0.717, 1.165) is 37.0 Å². The average Bonchev–Trinajstić information content (AvgIpc) is 2.84. The van der Waals surface area contributed by atoms with Gasteiger partial charge in [0.1, 0.15) is 17.1 Å².